The number of aliphatic hydroxyl groups excluding tert-OH is 2. The maximum absolute atomic E-state index is 12.4. The Balaban J connectivity index is 3.65. The summed E-state index contributed by atoms with van der Waals surface area (Å²) in [5.41, 5.74) is -0.784. The Morgan fingerprint density at radius 3 is 1.80 bits per heavy atom. The molecule has 0 heterocycles. The second kappa shape index (κ2) is 10.1. The molecule has 0 aliphatic carbocycles. The SMILES string of the molecule is CCCOC(=O)c1c(C#CCCO)c(O)c(O)c(O)c1C#CCCO. The van der Waals surface area contributed by atoms with Crippen molar-refractivity contribution in [2.45, 2.75) is 26.2 Å². The van der Waals surface area contributed by atoms with Gasteiger partial charge in [0.05, 0.1) is 36.5 Å². The van der Waals surface area contributed by atoms with Crippen LogP contribution in [0.3, 0.4) is 0 Å². The molecule has 0 atom stereocenters. The topological polar surface area (TPSA) is 127 Å². The highest BCUT2D eigenvalue weighted by molar-refractivity contribution is 5.98. The van der Waals surface area contributed by atoms with Crippen LogP contribution in [0.1, 0.15) is 47.7 Å². The van der Waals surface area contributed by atoms with Gasteiger partial charge in [-0.05, 0) is 6.42 Å². The molecule has 0 spiro atoms. The highest BCUT2D eigenvalue weighted by atomic mass is 16.5. The van der Waals surface area contributed by atoms with Crippen LogP contribution in [0.25, 0.3) is 0 Å². The first-order valence-corrected chi connectivity index (χ1v) is 7.66. The predicted octanol–water partition coefficient (Wildman–Crippen LogP) is 0.838. The summed E-state index contributed by atoms with van der Waals surface area (Å²) in [6.07, 6.45) is 0.713. The van der Waals surface area contributed by atoms with E-state index in [1.807, 2.05) is 0 Å². The first kappa shape index (κ1) is 20.2. The van der Waals surface area contributed by atoms with Gasteiger partial charge in [0.1, 0.15) is 0 Å². The lowest BCUT2D eigenvalue weighted by molar-refractivity contribution is 0.0503. The van der Waals surface area contributed by atoms with Crippen LogP contribution in [0.2, 0.25) is 0 Å². The van der Waals surface area contributed by atoms with Crippen molar-refractivity contribution in [1.82, 2.24) is 0 Å². The Kier molecular flexibility index (Phi) is 8.14. The molecule has 134 valence electrons. The van der Waals surface area contributed by atoms with Crippen molar-refractivity contribution in [3.05, 3.63) is 16.7 Å². The quantitative estimate of drug-likeness (QED) is 0.303. The van der Waals surface area contributed by atoms with Gasteiger partial charge < -0.3 is 30.3 Å². The number of carbonyl (C=O) groups excluding carboxylic acids is 1. The summed E-state index contributed by atoms with van der Waals surface area (Å²) in [7, 11) is 0. The van der Waals surface area contributed by atoms with E-state index in [4.69, 9.17) is 14.9 Å². The maximum Gasteiger partial charge on any atom is 0.340 e. The van der Waals surface area contributed by atoms with E-state index in [9.17, 15) is 20.1 Å². The smallest absolute Gasteiger partial charge is 0.340 e. The Morgan fingerprint density at radius 1 is 0.920 bits per heavy atom. The Morgan fingerprint density at radius 2 is 1.40 bits per heavy atom. The molecule has 25 heavy (non-hydrogen) atoms. The summed E-state index contributed by atoms with van der Waals surface area (Å²) < 4.78 is 5.04. The van der Waals surface area contributed by atoms with Gasteiger partial charge in [-0.15, -0.1) is 0 Å². The van der Waals surface area contributed by atoms with Crippen LogP contribution in [0.5, 0.6) is 17.2 Å². The number of hydrogen-bond donors (Lipinski definition) is 5. The third-order valence-corrected chi connectivity index (χ3v) is 2.96. The van der Waals surface area contributed by atoms with Crippen molar-refractivity contribution in [2.75, 3.05) is 19.8 Å². The lowest BCUT2D eigenvalue weighted by Gasteiger charge is -2.13. The zero-order valence-corrected chi connectivity index (χ0v) is 13.8. The fourth-order valence-corrected chi connectivity index (χ4v) is 1.84. The van der Waals surface area contributed by atoms with Crippen molar-refractivity contribution in [2.24, 2.45) is 0 Å². The molecule has 0 bridgehead atoms. The van der Waals surface area contributed by atoms with Crippen LogP contribution < -0.4 is 0 Å². The fourth-order valence-electron chi connectivity index (χ4n) is 1.84. The molecule has 0 unspecified atom stereocenters. The summed E-state index contributed by atoms with van der Waals surface area (Å²) in [6, 6.07) is 0. The highest BCUT2D eigenvalue weighted by Gasteiger charge is 2.27. The molecule has 0 saturated heterocycles. The van der Waals surface area contributed by atoms with Crippen molar-refractivity contribution in [1.29, 1.82) is 0 Å². The van der Waals surface area contributed by atoms with Crippen molar-refractivity contribution in [3.63, 3.8) is 0 Å². The van der Waals surface area contributed by atoms with E-state index in [1.54, 1.807) is 6.92 Å². The molecule has 0 aliphatic heterocycles. The number of rotatable bonds is 5. The van der Waals surface area contributed by atoms with Crippen LogP contribution >= 0.6 is 0 Å². The van der Waals surface area contributed by atoms with E-state index in [0.717, 1.165) is 0 Å². The number of carbonyl (C=O) groups is 1. The normalized spacial score (nSPS) is 9.56. The molecule has 1 aromatic rings. The molecule has 0 fully saturated rings. The molecule has 1 rings (SSSR count). The summed E-state index contributed by atoms with van der Waals surface area (Å²) in [4.78, 5) is 12.4. The average Bonchev–Trinajstić information content (AvgIpc) is 2.61. The van der Waals surface area contributed by atoms with Gasteiger partial charge in [-0.25, -0.2) is 4.79 Å². The zero-order chi connectivity index (χ0) is 18.8. The largest absolute Gasteiger partial charge is 0.503 e. The first-order valence-electron chi connectivity index (χ1n) is 7.66. The summed E-state index contributed by atoms with van der Waals surface area (Å²) in [5.74, 6) is 6.76. The van der Waals surface area contributed by atoms with Crippen molar-refractivity contribution < 1.29 is 35.1 Å². The Labute approximate surface area is 145 Å². The number of phenols is 3. The van der Waals surface area contributed by atoms with Gasteiger partial charge in [0, 0.05) is 12.8 Å². The summed E-state index contributed by atoms with van der Waals surface area (Å²) in [5, 5.41) is 47.6. The van der Waals surface area contributed by atoms with E-state index < -0.39 is 23.2 Å². The van der Waals surface area contributed by atoms with Gasteiger partial charge in [-0.3, -0.25) is 0 Å². The molecule has 0 saturated carbocycles. The number of phenolic OH excluding ortho intramolecular Hbond substituents is 3. The van der Waals surface area contributed by atoms with Gasteiger partial charge in [0.25, 0.3) is 0 Å². The van der Waals surface area contributed by atoms with E-state index in [1.165, 1.54) is 0 Å². The van der Waals surface area contributed by atoms with Crippen LogP contribution in [-0.2, 0) is 4.74 Å². The predicted molar refractivity (Wildman–Crippen MR) is 89.2 cm³/mol. The van der Waals surface area contributed by atoms with Crippen LogP contribution in [0.4, 0.5) is 0 Å². The number of benzene rings is 1. The van der Waals surface area contributed by atoms with E-state index >= 15 is 0 Å². The first-order chi connectivity index (χ1) is 12.0. The highest BCUT2D eigenvalue weighted by Crippen LogP contribution is 2.43. The van der Waals surface area contributed by atoms with E-state index in [2.05, 4.69) is 23.7 Å². The Bertz CT molecular complexity index is 694. The lowest BCUT2D eigenvalue weighted by atomic mass is 9.97. The lowest BCUT2D eigenvalue weighted by Crippen LogP contribution is -2.11. The molecule has 5 N–H and O–H groups in total. The second-order valence-corrected chi connectivity index (χ2v) is 4.86. The van der Waals surface area contributed by atoms with Gasteiger partial charge in [-0.2, -0.15) is 0 Å². The average molecular weight is 348 g/mol. The molecule has 7 nitrogen and oxygen atoms in total. The molecule has 0 aliphatic rings. The number of esters is 1. The van der Waals surface area contributed by atoms with Gasteiger partial charge in [-0.1, -0.05) is 30.6 Å². The molecule has 7 heteroatoms. The summed E-state index contributed by atoms with van der Waals surface area (Å²) >= 11 is 0. The third kappa shape index (κ3) is 5.05. The van der Waals surface area contributed by atoms with Crippen LogP contribution in [-0.4, -0.2) is 51.3 Å². The van der Waals surface area contributed by atoms with Crippen LogP contribution in [0, 0.1) is 23.7 Å². The van der Waals surface area contributed by atoms with Gasteiger partial charge >= 0.3 is 5.97 Å². The minimum atomic E-state index is -0.867. The molecular formula is C18H20O7. The standard InChI is InChI=1S/C18H20O7/c1-2-11-25-18(24)14-12(7-3-5-9-19)15(21)17(23)16(22)13(14)8-4-6-10-20/h19-23H,2,5-6,9-11H2,1H3. The number of ether oxygens (including phenoxy) is 1. The second-order valence-electron chi connectivity index (χ2n) is 4.86. The molecule has 0 amide bonds. The summed E-state index contributed by atoms with van der Waals surface area (Å²) in [6.45, 7) is 1.45. The number of aliphatic hydroxyl groups is 2. The minimum absolute atomic E-state index is 0.0794. The molecule has 1 aromatic carbocycles. The van der Waals surface area contributed by atoms with Crippen molar-refractivity contribution in [3.8, 4) is 40.9 Å². The third-order valence-electron chi connectivity index (χ3n) is 2.96. The maximum atomic E-state index is 12.4. The number of hydrogen-bond acceptors (Lipinski definition) is 7. The van der Waals surface area contributed by atoms with Crippen LogP contribution in [0.15, 0.2) is 0 Å². The minimum Gasteiger partial charge on any atom is -0.503 e. The number of aromatic hydroxyl groups is 3. The zero-order valence-electron chi connectivity index (χ0n) is 13.8. The molecular weight excluding hydrogens is 328 g/mol. The Hall–Kier alpha value is -2.87. The molecule has 0 aromatic heterocycles. The van der Waals surface area contributed by atoms with Gasteiger partial charge in [0.2, 0.25) is 5.75 Å². The van der Waals surface area contributed by atoms with Crippen molar-refractivity contribution >= 4 is 5.97 Å². The fraction of sp³-hybridized carbons (Fsp3) is 0.389. The van der Waals surface area contributed by atoms with Gasteiger partial charge in [0.15, 0.2) is 11.5 Å². The molecule has 0 radical (unpaired) electrons. The van der Waals surface area contributed by atoms with E-state index in [-0.39, 0.29) is 49.4 Å². The monoisotopic (exact) mass is 348 g/mol. The van der Waals surface area contributed by atoms with E-state index in [0.29, 0.717) is 6.42 Å².